The Labute approximate surface area is 231 Å². The van der Waals surface area contributed by atoms with Crippen LogP contribution in [0.15, 0.2) is 106 Å². The van der Waals surface area contributed by atoms with Crippen molar-refractivity contribution < 1.29 is 9.90 Å². The number of carbonyl (C=O) groups excluding carboxylic acids is 1. The van der Waals surface area contributed by atoms with Crippen LogP contribution < -0.4 is 10.7 Å². The van der Waals surface area contributed by atoms with Crippen LogP contribution in [0.2, 0.25) is 0 Å². The van der Waals surface area contributed by atoms with Crippen LogP contribution in [0.25, 0.3) is 16.5 Å². The van der Waals surface area contributed by atoms with Crippen LogP contribution in [0.1, 0.15) is 11.4 Å². The summed E-state index contributed by atoms with van der Waals surface area (Å²) in [5.41, 5.74) is 4.89. The van der Waals surface area contributed by atoms with Gasteiger partial charge in [0.25, 0.3) is 5.91 Å². The molecule has 8 nitrogen and oxygen atoms in total. The van der Waals surface area contributed by atoms with E-state index in [0.29, 0.717) is 17.3 Å². The van der Waals surface area contributed by atoms with Gasteiger partial charge in [-0.2, -0.15) is 5.10 Å². The van der Waals surface area contributed by atoms with Gasteiger partial charge in [0.1, 0.15) is 5.75 Å². The molecule has 3 N–H and O–H groups in total. The molecule has 0 aliphatic rings. The molecule has 190 valence electrons. The maximum atomic E-state index is 12.5. The van der Waals surface area contributed by atoms with E-state index in [2.05, 4.69) is 60.2 Å². The Morgan fingerprint density at radius 1 is 1.00 bits per heavy atom. The van der Waals surface area contributed by atoms with E-state index in [1.807, 2.05) is 59.2 Å². The third kappa shape index (κ3) is 6.04. The van der Waals surface area contributed by atoms with E-state index < -0.39 is 0 Å². The van der Waals surface area contributed by atoms with Crippen LogP contribution in [0, 0.1) is 0 Å². The maximum absolute atomic E-state index is 12.5. The number of nitrogens with one attached hydrogen (secondary N) is 2. The van der Waals surface area contributed by atoms with Crippen molar-refractivity contribution in [1.82, 2.24) is 20.2 Å². The van der Waals surface area contributed by atoms with Crippen molar-refractivity contribution in [2.75, 3.05) is 11.1 Å². The summed E-state index contributed by atoms with van der Waals surface area (Å²) in [4.78, 5) is 12.5. The number of carbonyl (C=O) groups is 1. The number of para-hydroxylation sites is 1. The summed E-state index contributed by atoms with van der Waals surface area (Å²) in [5.74, 6) is 0.568. The highest BCUT2D eigenvalue weighted by Crippen LogP contribution is 2.26. The Hall–Kier alpha value is -4.15. The number of thioether (sulfide) groups is 1. The predicted molar refractivity (Wildman–Crippen MR) is 155 cm³/mol. The molecule has 38 heavy (non-hydrogen) atoms. The molecule has 4 aromatic carbocycles. The smallest absolute Gasteiger partial charge is 0.250 e. The van der Waals surface area contributed by atoms with E-state index in [0.717, 1.165) is 32.4 Å². The number of benzene rings is 4. The molecule has 5 rings (SSSR count). The Morgan fingerprint density at radius 3 is 2.66 bits per heavy atom. The highest BCUT2D eigenvalue weighted by Gasteiger charge is 2.16. The quantitative estimate of drug-likeness (QED) is 0.115. The van der Waals surface area contributed by atoms with Crippen LogP contribution >= 0.6 is 27.7 Å². The van der Waals surface area contributed by atoms with Gasteiger partial charge in [0, 0.05) is 26.8 Å². The number of hydrogen-bond donors (Lipinski definition) is 3. The average molecular weight is 588 g/mol. The van der Waals surface area contributed by atoms with Gasteiger partial charge in [0.2, 0.25) is 0 Å². The van der Waals surface area contributed by atoms with E-state index in [1.165, 1.54) is 18.0 Å². The minimum atomic E-state index is -0.307. The molecule has 0 fully saturated rings. The minimum absolute atomic E-state index is 0.0705. The summed E-state index contributed by atoms with van der Waals surface area (Å²) in [6.07, 6.45) is 1.40. The fourth-order valence-electron chi connectivity index (χ4n) is 3.86. The van der Waals surface area contributed by atoms with Gasteiger partial charge in [0.15, 0.2) is 11.0 Å². The Bertz CT molecular complexity index is 1600. The van der Waals surface area contributed by atoms with Gasteiger partial charge in [-0.1, -0.05) is 82.3 Å². The maximum Gasteiger partial charge on any atom is 0.250 e. The zero-order valence-corrected chi connectivity index (χ0v) is 22.5. The monoisotopic (exact) mass is 586 g/mol. The van der Waals surface area contributed by atoms with Gasteiger partial charge in [-0.25, -0.2) is 5.43 Å². The fraction of sp³-hybridized carbons (Fsp3) is 0.0714. The third-order valence-electron chi connectivity index (χ3n) is 5.66. The second kappa shape index (κ2) is 11.9. The Morgan fingerprint density at radius 2 is 1.79 bits per heavy atom. The first kappa shape index (κ1) is 25.5. The van der Waals surface area contributed by atoms with Crippen LogP contribution in [0.5, 0.6) is 5.75 Å². The first-order chi connectivity index (χ1) is 18.6. The number of fused-ring (bicyclic) bond motifs is 1. The lowest BCUT2D eigenvalue weighted by molar-refractivity contribution is -0.118. The molecule has 0 saturated carbocycles. The average Bonchev–Trinajstić information content (AvgIpc) is 3.36. The highest BCUT2D eigenvalue weighted by atomic mass is 79.9. The molecule has 5 aromatic rings. The zero-order chi connectivity index (χ0) is 26.3. The van der Waals surface area contributed by atoms with Gasteiger partial charge >= 0.3 is 0 Å². The Kier molecular flexibility index (Phi) is 8.01. The van der Waals surface area contributed by atoms with Gasteiger partial charge < -0.3 is 10.4 Å². The number of nitrogens with zero attached hydrogens (tertiary/aromatic N) is 4. The summed E-state index contributed by atoms with van der Waals surface area (Å²) in [6, 6.07) is 29.1. The molecule has 1 heterocycles. The van der Waals surface area contributed by atoms with Crippen molar-refractivity contribution in [3.05, 3.63) is 107 Å². The van der Waals surface area contributed by atoms with Crippen LogP contribution in [-0.4, -0.2) is 37.7 Å². The summed E-state index contributed by atoms with van der Waals surface area (Å²) < 4.78 is 2.74. The van der Waals surface area contributed by atoms with Crippen molar-refractivity contribution in [3.63, 3.8) is 0 Å². The second-order valence-electron chi connectivity index (χ2n) is 8.24. The first-order valence-corrected chi connectivity index (χ1v) is 13.5. The zero-order valence-electron chi connectivity index (χ0n) is 20.1. The topological polar surface area (TPSA) is 104 Å². The second-order valence-corrected chi connectivity index (χ2v) is 10.1. The number of halogens is 1. The van der Waals surface area contributed by atoms with Gasteiger partial charge in [-0.05, 0) is 41.8 Å². The van der Waals surface area contributed by atoms with Crippen molar-refractivity contribution >= 4 is 56.3 Å². The molecule has 0 aliphatic carbocycles. The normalized spacial score (nSPS) is 11.2. The summed E-state index contributed by atoms with van der Waals surface area (Å²) in [5, 5.41) is 29.0. The molecular weight excluding hydrogens is 564 g/mol. The Balaban J connectivity index is 1.29. The van der Waals surface area contributed by atoms with Gasteiger partial charge in [-0.3, -0.25) is 9.36 Å². The number of aromatic hydroxyl groups is 1. The SMILES string of the molecule is O=C(CSc1nnc(CNc2cccc3ccccc23)n1-c1ccccc1)NN=Cc1cc(Br)ccc1O. The number of phenolic OH excluding ortho intramolecular Hbond substituents is 1. The lowest BCUT2D eigenvalue weighted by Crippen LogP contribution is -2.20. The molecule has 1 aromatic heterocycles. The molecule has 0 bridgehead atoms. The van der Waals surface area contributed by atoms with E-state index in [-0.39, 0.29) is 17.4 Å². The third-order valence-corrected chi connectivity index (χ3v) is 7.08. The number of anilines is 1. The van der Waals surface area contributed by atoms with E-state index in [9.17, 15) is 9.90 Å². The number of rotatable bonds is 9. The molecular formula is C28H23BrN6O2S. The number of aromatic nitrogens is 3. The highest BCUT2D eigenvalue weighted by molar-refractivity contribution is 9.10. The van der Waals surface area contributed by atoms with E-state index in [4.69, 9.17) is 0 Å². The molecule has 1 amide bonds. The van der Waals surface area contributed by atoms with Crippen molar-refractivity contribution in [1.29, 1.82) is 0 Å². The number of amides is 1. The molecule has 0 radical (unpaired) electrons. The van der Waals surface area contributed by atoms with Crippen LogP contribution in [-0.2, 0) is 11.3 Å². The molecule has 0 atom stereocenters. The van der Waals surface area contributed by atoms with Crippen LogP contribution in [0.4, 0.5) is 5.69 Å². The predicted octanol–water partition coefficient (Wildman–Crippen LogP) is 5.74. The number of hydrazone groups is 1. The molecule has 0 unspecified atom stereocenters. The standard InChI is InChI=1S/C28H23BrN6O2S/c29-21-13-14-25(36)20(15-21)16-31-33-27(37)18-38-28-34-32-26(35(28)22-9-2-1-3-10-22)17-30-24-12-6-8-19-7-4-5-11-23(19)24/h1-16,30,36H,17-18H2,(H,33,37). The number of phenols is 1. The van der Waals surface area contributed by atoms with Gasteiger partial charge in [-0.15, -0.1) is 10.2 Å². The summed E-state index contributed by atoms with van der Waals surface area (Å²) >= 11 is 4.61. The number of hydrogen-bond acceptors (Lipinski definition) is 7. The van der Waals surface area contributed by atoms with E-state index in [1.54, 1.807) is 18.2 Å². The minimum Gasteiger partial charge on any atom is -0.507 e. The lowest BCUT2D eigenvalue weighted by atomic mass is 10.1. The van der Waals surface area contributed by atoms with Crippen molar-refractivity contribution in [2.45, 2.75) is 11.7 Å². The van der Waals surface area contributed by atoms with Crippen LogP contribution in [0.3, 0.4) is 0 Å². The molecule has 0 spiro atoms. The largest absolute Gasteiger partial charge is 0.507 e. The van der Waals surface area contributed by atoms with Crippen molar-refractivity contribution in [2.24, 2.45) is 5.10 Å². The molecule has 0 saturated heterocycles. The summed E-state index contributed by atoms with van der Waals surface area (Å²) in [7, 11) is 0. The van der Waals surface area contributed by atoms with E-state index >= 15 is 0 Å². The lowest BCUT2D eigenvalue weighted by Gasteiger charge is -2.12. The van der Waals surface area contributed by atoms with Gasteiger partial charge in [0.05, 0.1) is 18.5 Å². The summed E-state index contributed by atoms with van der Waals surface area (Å²) in [6.45, 7) is 0.448. The first-order valence-electron chi connectivity index (χ1n) is 11.7. The fourth-order valence-corrected chi connectivity index (χ4v) is 5.01. The molecule has 0 aliphatic heterocycles. The van der Waals surface area contributed by atoms with Crippen molar-refractivity contribution in [3.8, 4) is 11.4 Å². The molecule has 10 heteroatoms.